The largest absolute Gasteiger partial charge is 0.394 e. The minimum atomic E-state index is -0.650. The van der Waals surface area contributed by atoms with Gasteiger partial charge in [0.25, 0.3) is 0 Å². The Balaban J connectivity index is 2.73. The number of aliphatic hydroxyl groups excluding tert-OH is 2. The summed E-state index contributed by atoms with van der Waals surface area (Å²) in [5.41, 5.74) is 0.381. The molecule has 0 radical (unpaired) electrons. The monoisotopic (exact) mass is 230 g/mol. The number of aryl methyl sites for hydroxylation is 1. The normalized spacial score (nSPS) is 11.7. The van der Waals surface area contributed by atoms with Crippen molar-refractivity contribution in [1.82, 2.24) is 4.98 Å². The van der Waals surface area contributed by atoms with Crippen LogP contribution in [0.1, 0.15) is 26.0 Å². The second-order valence-electron chi connectivity index (χ2n) is 3.57. The molecule has 1 heterocycles. The number of aromatic nitrogens is 1. The van der Waals surface area contributed by atoms with Gasteiger partial charge in [0, 0.05) is 5.38 Å². The van der Waals surface area contributed by atoms with Crippen LogP contribution in [-0.4, -0.2) is 33.9 Å². The molecule has 86 valence electrons. The maximum Gasteiger partial charge on any atom is 0.183 e. The highest BCUT2D eigenvalue weighted by atomic mass is 32.1. The van der Waals surface area contributed by atoms with E-state index in [0.29, 0.717) is 6.42 Å². The topological polar surface area (TPSA) is 65.4 Å². The number of thiazole rings is 1. The van der Waals surface area contributed by atoms with Crippen molar-refractivity contribution < 1.29 is 10.2 Å². The zero-order valence-corrected chi connectivity index (χ0v) is 9.97. The average Bonchev–Trinajstić information content (AvgIpc) is 2.73. The number of nitrogens with zero attached hydrogens (tertiary/aromatic N) is 1. The Morgan fingerprint density at radius 2 is 2.07 bits per heavy atom. The Morgan fingerprint density at radius 1 is 1.40 bits per heavy atom. The van der Waals surface area contributed by atoms with Gasteiger partial charge in [-0.1, -0.05) is 13.8 Å². The third-order valence-corrected chi connectivity index (χ3v) is 3.37. The van der Waals surface area contributed by atoms with Crippen molar-refractivity contribution in [3.63, 3.8) is 0 Å². The van der Waals surface area contributed by atoms with Crippen LogP contribution in [0.2, 0.25) is 0 Å². The molecule has 0 aliphatic rings. The first-order chi connectivity index (χ1) is 7.19. The molecule has 0 amide bonds. The summed E-state index contributed by atoms with van der Waals surface area (Å²) in [7, 11) is 0. The maximum absolute atomic E-state index is 9.26. The van der Waals surface area contributed by atoms with E-state index in [4.69, 9.17) is 0 Å². The van der Waals surface area contributed by atoms with Gasteiger partial charge >= 0.3 is 0 Å². The van der Waals surface area contributed by atoms with E-state index in [-0.39, 0.29) is 13.2 Å². The lowest BCUT2D eigenvalue weighted by Crippen LogP contribution is -2.45. The lowest BCUT2D eigenvalue weighted by atomic mass is 9.99. The number of anilines is 1. The second-order valence-corrected chi connectivity index (χ2v) is 4.43. The van der Waals surface area contributed by atoms with Crippen molar-refractivity contribution >= 4 is 16.5 Å². The molecule has 0 spiro atoms. The Hall–Kier alpha value is -0.650. The van der Waals surface area contributed by atoms with Gasteiger partial charge < -0.3 is 15.5 Å². The summed E-state index contributed by atoms with van der Waals surface area (Å²) in [4.78, 5) is 4.34. The lowest BCUT2D eigenvalue weighted by molar-refractivity contribution is 0.132. The first-order valence-electron chi connectivity index (χ1n) is 5.14. The van der Waals surface area contributed by atoms with Gasteiger partial charge in [0.1, 0.15) is 0 Å². The highest BCUT2D eigenvalue weighted by Crippen LogP contribution is 2.22. The first-order valence-corrected chi connectivity index (χ1v) is 6.02. The van der Waals surface area contributed by atoms with E-state index >= 15 is 0 Å². The van der Waals surface area contributed by atoms with Gasteiger partial charge in [0.15, 0.2) is 5.13 Å². The summed E-state index contributed by atoms with van der Waals surface area (Å²) < 4.78 is 0. The van der Waals surface area contributed by atoms with Crippen LogP contribution in [0.4, 0.5) is 5.13 Å². The van der Waals surface area contributed by atoms with Crippen molar-refractivity contribution in [2.75, 3.05) is 18.5 Å². The van der Waals surface area contributed by atoms with E-state index in [1.807, 2.05) is 19.2 Å². The minimum Gasteiger partial charge on any atom is -0.394 e. The molecule has 5 heteroatoms. The molecule has 1 aromatic heterocycles. The van der Waals surface area contributed by atoms with Crippen LogP contribution in [0, 0.1) is 0 Å². The third kappa shape index (κ3) is 2.90. The Labute approximate surface area is 94.0 Å². The summed E-state index contributed by atoms with van der Waals surface area (Å²) in [6.45, 7) is 3.78. The van der Waals surface area contributed by atoms with Crippen molar-refractivity contribution in [2.45, 2.75) is 32.2 Å². The second kappa shape index (κ2) is 5.44. The molecule has 0 aliphatic carbocycles. The fourth-order valence-electron chi connectivity index (χ4n) is 1.19. The van der Waals surface area contributed by atoms with E-state index in [9.17, 15) is 10.2 Å². The van der Waals surface area contributed by atoms with Gasteiger partial charge in [-0.15, -0.1) is 11.3 Å². The Morgan fingerprint density at radius 3 is 2.47 bits per heavy atom. The number of aliphatic hydroxyl groups is 2. The van der Waals surface area contributed by atoms with E-state index in [0.717, 1.165) is 17.2 Å². The molecule has 1 aromatic rings. The molecule has 3 N–H and O–H groups in total. The highest BCUT2D eigenvalue weighted by Gasteiger charge is 2.27. The smallest absolute Gasteiger partial charge is 0.183 e. The van der Waals surface area contributed by atoms with Crippen LogP contribution in [0.25, 0.3) is 0 Å². The average molecular weight is 230 g/mol. The summed E-state index contributed by atoms with van der Waals surface area (Å²) in [6.07, 6.45) is 1.55. The molecule has 0 bridgehead atoms. The van der Waals surface area contributed by atoms with Gasteiger partial charge in [-0.25, -0.2) is 4.98 Å². The van der Waals surface area contributed by atoms with Crippen molar-refractivity contribution in [1.29, 1.82) is 0 Å². The van der Waals surface area contributed by atoms with Gasteiger partial charge in [-0.3, -0.25) is 0 Å². The van der Waals surface area contributed by atoms with Gasteiger partial charge in [-0.2, -0.15) is 0 Å². The zero-order chi connectivity index (χ0) is 11.3. The van der Waals surface area contributed by atoms with E-state index < -0.39 is 5.54 Å². The Bertz CT molecular complexity index is 289. The van der Waals surface area contributed by atoms with Crippen LogP contribution >= 0.6 is 11.3 Å². The fraction of sp³-hybridized carbons (Fsp3) is 0.700. The molecule has 0 aliphatic heterocycles. The predicted molar refractivity (Wildman–Crippen MR) is 62.3 cm³/mol. The molecule has 0 fully saturated rings. The van der Waals surface area contributed by atoms with Crippen LogP contribution in [-0.2, 0) is 6.42 Å². The standard InChI is InChI=1S/C10H18N2O2S/c1-3-8-5-15-9(11-8)12-10(4-2,6-13)7-14/h5,13-14H,3-4,6-7H2,1-2H3,(H,11,12). The van der Waals surface area contributed by atoms with E-state index in [2.05, 4.69) is 10.3 Å². The zero-order valence-electron chi connectivity index (χ0n) is 9.16. The quantitative estimate of drug-likeness (QED) is 0.688. The third-order valence-electron chi connectivity index (χ3n) is 2.57. The fourth-order valence-corrected chi connectivity index (χ4v) is 2.11. The lowest BCUT2D eigenvalue weighted by Gasteiger charge is -2.29. The summed E-state index contributed by atoms with van der Waals surface area (Å²) in [5, 5.41) is 24.4. The number of nitrogens with one attached hydrogen (secondary N) is 1. The van der Waals surface area contributed by atoms with E-state index in [1.165, 1.54) is 11.3 Å². The summed E-state index contributed by atoms with van der Waals surface area (Å²) in [5.74, 6) is 0. The first kappa shape index (κ1) is 12.4. The van der Waals surface area contributed by atoms with Crippen LogP contribution in [0.5, 0.6) is 0 Å². The number of hydrogen-bond acceptors (Lipinski definition) is 5. The highest BCUT2D eigenvalue weighted by molar-refractivity contribution is 7.13. The minimum absolute atomic E-state index is 0.0962. The predicted octanol–water partition coefficient (Wildman–Crippen LogP) is 1.25. The van der Waals surface area contributed by atoms with Crippen LogP contribution in [0.15, 0.2) is 5.38 Å². The number of rotatable bonds is 6. The Kier molecular flexibility index (Phi) is 4.50. The van der Waals surface area contributed by atoms with Crippen LogP contribution < -0.4 is 5.32 Å². The molecule has 0 atom stereocenters. The van der Waals surface area contributed by atoms with Crippen molar-refractivity contribution in [2.24, 2.45) is 0 Å². The summed E-state index contributed by atoms with van der Waals surface area (Å²) in [6, 6.07) is 0. The SMILES string of the molecule is CCc1csc(NC(CC)(CO)CO)n1. The van der Waals surface area contributed by atoms with Gasteiger partial charge in [-0.05, 0) is 12.8 Å². The maximum atomic E-state index is 9.26. The molecule has 0 aromatic carbocycles. The molecule has 4 nitrogen and oxygen atoms in total. The van der Waals surface area contributed by atoms with E-state index in [1.54, 1.807) is 0 Å². The molecule has 0 saturated carbocycles. The molecule has 0 unspecified atom stereocenters. The molecule has 0 saturated heterocycles. The van der Waals surface area contributed by atoms with Crippen molar-refractivity contribution in [3.8, 4) is 0 Å². The summed E-state index contributed by atoms with van der Waals surface area (Å²) >= 11 is 1.50. The van der Waals surface area contributed by atoms with Gasteiger partial charge in [0.2, 0.25) is 0 Å². The molecular formula is C10H18N2O2S. The molecule has 15 heavy (non-hydrogen) atoms. The number of hydrogen-bond donors (Lipinski definition) is 3. The van der Waals surface area contributed by atoms with Crippen LogP contribution in [0.3, 0.4) is 0 Å². The molecule has 1 rings (SSSR count). The van der Waals surface area contributed by atoms with Crippen molar-refractivity contribution in [3.05, 3.63) is 11.1 Å². The van der Waals surface area contributed by atoms with Gasteiger partial charge in [0.05, 0.1) is 24.4 Å². The molecular weight excluding hydrogens is 212 g/mol.